The Morgan fingerprint density at radius 2 is 2.00 bits per heavy atom. The van der Waals surface area contributed by atoms with Crippen molar-refractivity contribution in [3.8, 4) is 0 Å². The summed E-state index contributed by atoms with van der Waals surface area (Å²) in [4.78, 5) is 0. The SMILES string of the molecule is C=C=CC(C=C)C(C)C. The van der Waals surface area contributed by atoms with Crippen LogP contribution in [0, 0.1) is 11.8 Å². The molecule has 0 aromatic rings. The van der Waals surface area contributed by atoms with E-state index in [9.17, 15) is 0 Å². The van der Waals surface area contributed by atoms with Crippen LogP contribution in [0.2, 0.25) is 0 Å². The van der Waals surface area contributed by atoms with Gasteiger partial charge < -0.3 is 0 Å². The van der Waals surface area contributed by atoms with Crippen LogP contribution in [-0.4, -0.2) is 0 Å². The van der Waals surface area contributed by atoms with E-state index >= 15 is 0 Å². The molecule has 0 heterocycles. The highest BCUT2D eigenvalue weighted by molar-refractivity contribution is 4.96. The summed E-state index contributed by atoms with van der Waals surface area (Å²) in [5.41, 5.74) is 2.75. The van der Waals surface area contributed by atoms with Crippen LogP contribution in [0.15, 0.2) is 31.0 Å². The monoisotopic (exact) mass is 122 g/mol. The molecule has 0 rings (SSSR count). The molecule has 0 bridgehead atoms. The van der Waals surface area contributed by atoms with Crippen molar-refractivity contribution in [2.75, 3.05) is 0 Å². The normalized spacial score (nSPS) is 12.3. The predicted molar refractivity (Wildman–Crippen MR) is 42.2 cm³/mol. The van der Waals surface area contributed by atoms with Crippen molar-refractivity contribution >= 4 is 0 Å². The maximum atomic E-state index is 3.70. The minimum Gasteiger partial charge on any atom is -0.132 e. The average molecular weight is 122 g/mol. The topological polar surface area (TPSA) is 0 Å². The van der Waals surface area contributed by atoms with E-state index < -0.39 is 0 Å². The fourth-order valence-electron chi connectivity index (χ4n) is 0.669. The predicted octanol–water partition coefficient (Wildman–Crippen LogP) is 2.79. The molecule has 0 nitrogen and oxygen atoms in total. The quantitative estimate of drug-likeness (QED) is 0.399. The van der Waals surface area contributed by atoms with Gasteiger partial charge in [-0.2, -0.15) is 0 Å². The molecule has 0 aromatic carbocycles. The molecule has 0 spiro atoms. The van der Waals surface area contributed by atoms with Gasteiger partial charge in [0.05, 0.1) is 0 Å². The van der Waals surface area contributed by atoms with E-state index in [1.807, 2.05) is 12.2 Å². The molecule has 0 saturated heterocycles. The van der Waals surface area contributed by atoms with E-state index in [4.69, 9.17) is 0 Å². The lowest BCUT2D eigenvalue weighted by atomic mass is 9.96. The summed E-state index contributed by atoms with van der Waals surface area (Å²) in [6, 6.07) is 0. The second-order valence-corrected chi connectivity index (χ2v) is 2.43. The third-order valence-corrected chi connectivity index (χ3v) is 1.35. The van der Waals surface area contributed by atoms with Gasteiger partial charge in [-0.3, -0.25) is 0 Å². The largest absolute Gasteiger partial charge is 0.132 e. The molecular weight excluding hydrogens is 108 g/mol. The Labute approximate surface area is 57.6 Å². The Kier molecular flexibility index (Phi) is 3.83. The standard InChI is InChI=1S/C9H14/c1-5-7-9(6-2)8(3)4/h6-9H,1-2H2,3-4H3. The summed E-state index contributed by atoms with van der Waals surface area (Å²) < 4.78 is 0. The van der Waals surface area contributed by atoms with Crippen molar-refractivity contribution < 1.29 is 0 Å². The summed E-state index contributed by atoms with van der Waals surface area (Å²) in [6.45, 7) is 11.5. The van der Waals surface area contributed by atoms with Crippen LogP contribution in [0.1, 0.15) is 13.8 Å². The molecule has 0 radical (unpaired) electrons. The smallest absolute Gasteiger partial charge is 0.00426 e. The molecule has 0 fully saturated rings. The van der Waals surface area contributed by atoms with Crippen LogP contribution in [0.25, 0.3) is 0 Å². The van der Waals surface area contributed by atoms with Crippen LogP contribution in [-0.2, 0) is 0 Å². The van der Waals surface area contributed by atoms with Crippen molar-refractivity contribution in [1.82, 2.24) is 0 Å². The lowest BCUT2D eigenvalue weighted by Crippen LogP contribution is -1.99. The maximum absolute atomic E-state index is 3.70. The highest BCUT2D eigenvalue weighted by atomic mass is 14.1. The van der Waals surface area contributed by atoms with Crippen molar-refractivity contribution in [2.24, 2.45) is 11.8 Å². The first-order valence-electron chi connectivity index (χ1n) is 3.21. The minimum absolute atomic E-state index is 0.433. The third kappa shape index (κ3) is 2.94. The van der Waals surface area contributed by atoms with E-state index in [0.29, 0.717) is 11.8 Å². The van der Waals surface area contributed by atoms with E-state index in [1.165, 1.54) is 0 Å². The Bertz CT molecular complexity index is 125. The van der Waals surface area contributed by atoms with Crippen LogP contribution in [0.5, 0.6) is 0 Å². The van der Waals surface area contributed by atoms with Gasteiger partial charge >= 0.3 is 0 Å². The van der Waals surface area contributed by atoms with E-state index in [0.717, 1.165) is 0 Å². The first-order chi connectivity index (χ1) is 4.22. The van der Waals surface area contributed by atoms with E-state index in [2.05, 4.69) is 32.7 Å². The van der Waals surface area contributed by atoms with Crippen LogP contribution in [0.4, 0.5) is 0 Å². The summed E-state index contributed by atoms with van der Waals surface area (Å²) in [7, 11) is 0. The molecule has 0 amide bonds. The Hall–Kier alpha value is -0.740. The van der Waals surface area contributed by atoms with Gasteiger partial charge in [0.15, 0.2) is 0 Å². The number of rotatable bonds is 3. The van der Waals surface area contributed by atoms with Gasteiger partial charge in [-0.15, -0.1) is 12.3 Å². The number of hydrogen-bond acceptors (Lipinski definition) is 0. The first-order valence-corrected chi connectivity index (χ1v) is 3.21. The van der Waals surface area contributed by atoms with Crippen molar-refractivity contribution in [2.45, 2.75) is 13.8 Å². The molecule has 0 aromatic heterocycles. The molecule has 0 N–H and O–H groups in total. The fraction of sp³-hybridized carbons (Fsp3) is 0.444. The van der Waals surface area contributed by atoms with Gasteiger partial charge in [-0.1, -0.05) is 26.5 Å². The van der Waals surface area contributed by atoms with Gasteiger partial charge in [-0.05, 0) is 12.0 Å². The number of hydrogen-bond donors (Lipinski definition) is 0. The van der Waals surface area contributed by atoms with Crippen molar-refractivity contribution in [3.05, 3.63) is 31.0 Å². The Balaban J connectivity index is 3.97. The molecule has 0 saturated carbocycles. The lowest BCUT2D eigenvalue weighted by molar-refractivity contribution is 0.552. The summed E-state index contributed by atoms with van der Waals surface area (Å²) in [6.07, 6.45) is 3.86. The first kappa shape index (κ1) is 8.26. The molecule has 0 aliphatic rings. The van der Waals surface area contributed by atoms with E-state index in [1.54, 1.807) is 0 Å². The van der Waals surface area contributed by atoms with Crippen LogP contribution >= 0.6 is 0 Å². The molecule has 1 unspecified atom stereocenters. The molecule has 9 heavy (non-hydrogen) atoms. The highest BCUT2D eigenvalue weighted by Crippen LogP contribution is 2.11. The summed E-state index contributed by atoms with van der Waals surface area (Å²) in [5.74, 6) is 1.04. The fourth-order valence-corrected chi connectivity index (χ4v) is 0.669. The van der Waals surface area contributed by atoms with Crippen molar-refractivity contribution in [1.29, 1.82) is 0 Å². The highest BCUT2D eigenvalue weighted by Gasteiger charge is 2.02. The second kappa shape index (κ2) is 4.17. The minimum atomic E-state index is 0.433. The summed E-state index contributed by atoms with van der Waals surface area (Å²) >= 11 is 0. The van der Waals surface area contributed by atoms with E-state index in [-0.39, 0.29) is 0 Å². The van der Waals surface area contributed by atoms with Crippen LogP contribution < -0.4 is 0 Å². The Morgan fingerprint density at radius 1 is 1.44 bits per heavy atom. The molecule has 1 atom stereocenters. The van der Waals surface area contributed by atoms with Gasteiger partial charge in [0.25, 0.3) is 0 Å². The van der Waals surface area contributed by atoms with Crippen molar-refractivity contribution in [3.63, 3.8) is 0 Å². The molecule has 50 valence electrons. The zero-order valence-electron chi connectivity index (χ0n) is 6.22. The van der Waals surface area contributed by atoms with Crippen LogP contribution in [0.3, 0.4) is 0 Å². The number of allylic oxidation sites excluding steroid dienone is 2. The molecule has 0 heteroatoms. The zero-order chi connectivity index (χ0) is 7.28. The maximum Gasteiger partial charge on any atom is 0.00426 e. The van der Waals surface area contributed by atoms with Gasteiger partial charge in [0.1, 0.15) is 0 Å². The molecular formula is C9H14. The Morgan fingerprint density at radius 3 is 2.11 bits per heavy atom. The van der Waals surface area contributed by atoms with Gasteiger partial charge in [-0.25, -0.2) is 0 Å². The lowest BCUT2D eigenvalue weighted by Gasteiger charge is -2.08. The molecule has 0 aliphatic heterocycles. The summed E-state index contributed by atoms with van der Waals surface area (Å²) in [5, 5.41) is 0. The average Bonchev–Trinajstić information content (AvgIpc) is 1.82. The van der Waals surface area contributed by atoms with Gasteiger partial charge in [0.2, 0.25) is 0 Å². The van der Waals surface area contributed by atoms with Gasteiger partial charge in [0, 0.05) is 5.92 Å². The molecule has 0 aliphatic carbocycles. The zero-order valence-corrected chi connectivity index (χ0v) is 6.22. The third-order valence-electron chi connectivity index (χ3n) is 1.35. The second-order valence-electron chi connectivity index (χ2n) is 2.43.